The summed E-state index contributed by atoms with van der Waals surface area (Å²) < 4.78 is 2.02. The van der Waals surface area contributed by atoms with E-state index in [1.54, 1.807) is 6.20 Å². The van der Waals surface area contributed by atoms with Crippen molar-refractivity contribution >= 4 is 5.97 Å². The van der Waals surface area contributed by atoms with Crippen LogP contribution in [-0.2, 0) is 19.4 Å². The highest BCUT2D eigenvalue weighted by atomic mass is 16.4. The van der Waals surface area contributed by atoms with Gasteiger partial charge in [-0.1, -0.05) is 51.5 Å². The third-order valence-electron chi connectivity index (χ3n) is 5.14. The van der Waals surface area contributed by atoms with Gasteiger partial charge in [0.05, 0.1) is 12.1 Å². The van der Waals surface area contributed by atoms with Gasteiger partial charge in [0.1, 0.15) is 5.82 Å². The number of hydrogen-bond acceptors (Lipinski definition) is 4. The van der Waals surface area contributed by atoms with Crippen LogP contribution in [-0.4, -0.2) is 30.8 Å². The molecular weight excluding hydrogens is 376 g/mol. The van der Waals surface area contributed by atoms with E-state index < -0.39 is 5.97 Å². The topological polar surface area (TPSA) is 80.9 Å². The largest absolute Gasteiger partial charge is 0.478 e. The molecule has 0 atom stereocenters. The quantitative estimate of drug-likeness (QED) is 0.511. The van der Waals surface area contributed by atoms with E-state index >= 15 is 0 Å². The van der Waals surface area contributed by atoms with Gasteiger partial charge in [0.25, 0.3) is 0 Å². The first kappa shape index (κ1) is 21.7. The van der Waals surface area contributed by atoms with Gasteiger partial charge in [0.2, 0.25) is 0 Å². The second-order valence-electron chi connectivity index (χ2n) is 8.06. The maximum Gasteiger partial charge on any atom is 0.336 e. The summed E-state index contributed by atoms with van der Waals surface area (Å²) in [5.74, 6) is 1.65. The van der Waals surface area contributed by atoms with Crippen LogP contribution >= 0.6 is 0 Å². The molecule has 2 heterocycles. The fourth-order valence-electron chi connectivity index (χ4n) is 3.37. The average molecular weight is 407 g/mol. The summed E-state index contributed by atoms with van der Waals surface area (Å²) in [6, 6.07) is 9.46. The third-order valence-corrected chi connectivity index (χ3v) is 5.14. The summed E-state index contributed by atoms with van der Waals surface area (Å²) in [5.41, 5.74) is 2.83. The highest BCUT2D eigenvalue weighted by molar-refractivity contribution is 5.95. The lowest BCUT2D eigenvalue weighted by atomic mass is 10.0. The fraction of sp³-hybridized carbons (Fsp3) is 0.417. The molecular formula is C24H30N4O2. The average Bonchev–Trinajstić information content (AvgIpc) is 3.12. The normalized spacial score (nSPS) is 11.2. The molecule has 3 rings (SSSR count). The standard InChI is InChI=1S/C24H30N4O2/c1-4-5-6-23-26-22(12-7-17(2)3)27-28(23)16-18-8-10-19(11-9-18)21-15-25-14-13-20(21)24(29)30/h8-11,13-15,17H,4-7,12,16H2,1-3H3,(H,29,30). The Balaban J connectivity index is 1.80. The Bertz CT molecular complexity index is 977. The monoisotopic (exact) mass is 406 g/mol. The molecule has 0 spiro atoms. The van der Waals surface area contributed by atoms with Gasteiger partial charge in [0, 0.05) is 30.8 Å². The van der Waals surface area contributed by atoms with Crippen molar-refractivity contribution in [3.8, 4) is 11.1 Å². The zero-order chi connectivity index (χ0) is 21.5. The number of carboxylic acids is 1. The smallest absolute Gasteiger partial charge is 0.336 e. The van der Waals surface area contributed by atoms with Crippen LogP contribution < -0.4 is 0 Å². The van der Waals surface area contributed by atoms with Crippen molar-refractivity contribution in [3.63, 3.8) is 0 Å². The number of nitrogens with zero attached hydrogens (tertiary/aromatic N) is 4. The number of aryl methyl sites for hydroxylation is 2. The van der Waals surface area contributed by atoms with E-state index in [2.05, 4.69) is 25.8 Å². The van der Waals surface area contributed by atoms with Crippen molar-refractivity contribution in [2.45, 2.75) is 59.4 Å². The van der Waals surface area contributed by atoms with Gasteiger partial charge < -0.3 is 5.11 Å². The van der Waals surface area contributed by atoms with E-state index in [1.165, 1.54) is 12.3 Å². The van der Waals surface area contributed by atoms with Crippen LogP contribution in [0.4, 0.5) is 0 Å². The van der Waals surface area contributed by atoms with Gasteiger partial charge in [-0.15, -0.1) is 0 Å². The molecule has 0 amide bonds. The Morgan fingerprint density at radius 1 is 1.13 bits per heavy atom. The van der Waals surface area contributed by atoms with Crippen LogP contribution in [0.1, 0.15) is 67.6 Å². The van der Waals surface area contributed by atoms with E-state index in [9.17, 15) is 9.90 Å². The molecule has 1 N–H and O–H groups in total. The number of unbranched alkanes of at least 4 members (excludes halogenated alkanes) is 1. The van der Waals surface area contributed by atoms with Crippen LogP contribution in [0.2, 0.25) is 0 Å². The zero-order valence-electron chi connectivity index (χ0n) is 18.0. The van der Waals surface area contributed by atoms with Crippen molar-refractivity contribution in [1.82, 2.24) is 19.7 Å². The second-order valence-corrected chi connectivity index (χ2v) is 8.06. The zero-order valence-corrected chi connectivity index (χ0v) is 18.0. The molecule has 1 aromatic carbocycles. The molecule has 0 saturated carbocycles. The number of aromatic carboxylic acids is 1. The molecule has 2 aromatic heterocycles. The predicted molar refractivity (Wildman–Crippen MR) is 118 cm³/mol. The third kappa shape index (κ3) is 5.53. The summed E-state index contributed by atoms with van der Waals surface area (Å²) in [5, 5.41) is 14.2. The van der Waals surface area contributed by atoms with E-state index in [-0.39, 0.29) is 5.56 Å². The highest BCUT2D eigenvalue weighted by Gasteiger charge is 2.13. The number of hydrogen-bond donors (Lipinski definition) is 1. The minimum Gasteiger partial charge on any atom is -0.478 e. The molecule has 0 bridgehead atoms. The van der Waals surface area contributed by atoms with Crippen LogP contribution in [0.15, 0.2) is 42.7 Å². The van der Waals surface area contributed by atoms with E-state index in [1.807, 2.05) is 28.9 Å². The Kier molecular flexibility index (Phi) is 7.33. The number of aromatic nitrogens is 4. The van der Waals surface area contributed by atoms with Gasteiger partial charge in [-0.25, -0.2) is 14.5 Å². The summed E-state index contributed by atoms with van der Waals surface area (Å²) >= 11 is 0. The van der Waals surface area contributed by atoms with Crippen LogP contribution in [0.25, 0.3) is 11.1 Å². The Morgan fingerprint density at radius 2 is 1.90 bits per heavy atom. The van der Waals surface area contributed by atoms with Gasteiger partial charge in [0.15, 0.2) is 5.82 Å². The number of benzene rings is 1. The lowest BCUT2D eigenvalue weighted by molar-refractivity contribution is 0.0697. The van der Waals surface area contributed by atoms with Gasteiger partial charge >= 0.3 is 5.97 Å². The highest BCUT2D eigenvalue weighted by Crippen LogP contribution is 2.23. The van der Waals surface area contributed by atoms with Crippen LogP contribution in [0.3, 0.4) is 0 Å². The molecule has 0 unspecified atom stereocenters. The summed E-state index contributed by atoms with van der Waals surface area (Å²) in [4.78, 5) is 20.3. The van der Waals surface area contributed by atoms with Gasteiger partial charge in [-0.3, -0.25) is 4.98 Å². The Labute approximate surface area is 178 Å². The molecule has 0 aliphatic carbocycles. The minimum atomic E-state index is -0.950. The molecule has 0 fully saturated rings. The Hall–Kier alpha value is -3.02. The first-order valence-electron chi connectivity index (χ1n) is 10.7. The molecule has 30 heavy (non-hydrogen) atoms. The lowest BCUT2D eigenvalue weighted by Crippen LogP contribution is -2.07. The fourth-order valence-corrected chi connectivity index (χ4v) is 3.37. The molecule has 6 heteroatoms. The number of carbonyl (C=O) groups is 1. The van der Waals surface area contributed by atoms with Crippen molar-refractivity contribution in [3.05, 3.63) is 65.5 Å². The molecule has 0 radical (unpaired) electrons. The Morgan fingerprint density at radius 3 is 2.57 bits per heavy atom. The number of pyridine rings is 1. The maximum absolute atomic E-state index is 11.5. The van der Waals surface area contributed by atoms with E-state index in [4.69, 9.17) is 10.1 Å². The molecule has 0 saturated heterocycles. The van der Waals surface area contributed by atoms with Crippen molar-refractivity contribution in [2.75, 3.05) is 0 Å². The first-order chi connectivity index (χ1) is 14.5. The van der Waals surface area contributed by atoms with Crippen LogP contribution in [0.5, 0.6) is 0 Å². The van der Waals surface area contributed by atoms with Gasteiger partial charge in [-0.2, -0.15) is 5.10 Å². The summed E-state index contributed by atoms with van der Waals surface area (Å²) in [7, 11) is 0. The van der Waals surface area contributed by atoms with Crippen LogP contribution in [0, 0.1) is 5.92 Å². The van der Waals surface area contributed by atoms with Crippen molar-refractivity contribution < 1.29 is 9.90 Å². The van der Waals surface area contributed by atoms with Crippen molar-refractivity contribution in [1.29, 1.82) is 0 Å². The molecule has 3 aromatic rings. The lowest BCUT2D eigenvalue weighted by Gasteiger charge is -2.09. The molecule has 0 aliphatic heterocycles. The molecule has 6 nitrogen and oxygen atoms in total. The minimum absolute atomic E-state index is 0.255. The second kappa shape index (κ2) is 10.1. The van der Waals surface area contributed by atoms with E-state index in [0.717, 1.165) is 54.9 Å². The molecule has 0 aliphatic rings. The number of carboxylic acid groups (broad SMARTS) is 1. The SMILES string of the molecule is CCCCc1nc(CCC(C)C)nn1Cc1ccc(-c2cnccc2C(=O)O)cc1. The summed E-state index contributed by atoms with van der Waals surface area (Å²) in [6.45, 7) is 7.28. The predicted octanol–water partition coefficient (Wildman–Crippen LogP) is 5.02. The number of rotatable bonds is 10. The van der Waals surface area contributed by atoms with Gasteiger partial charge in [-0.05, 0) is 36.0 Å². The van der Waals surface area contributed by atoms with Crippen molar-refractivity contribution in [2.24, 2.45) is 5.92 Å². The molecule has 158 valence electrons. The first-order valence-corrected chi connectivity index (χ1v) is 10.7. The van der Waals surface area contributed by atoms with E-state index in [0.29, 0.717) is 18.0 Å². The maximum atomic E-state index is 11.5. The summed E-state index contributed by atoms with van der Waals surface area (Å²) in [6.07, 6.45) is 8.24.